The highest BCUT2D eigenvalue weighted by molar-refractivity contribution is 5.90. The Balaban J connectivity index is 1.32. The van der Waals surface area contributed by atoms with Gasteiger partial charge in [0, 0.05) is 49.5 Å². The van der Waals surface area contributed by atoms with Crippen molar-refractivity contribution in [3.63, 3.8) is 0 Å². The zero-order valence-corrected chi connectivity index (χ0v) is 17.3. The maximum absolute atomic E-state index is 6.04. The molecule has 0 unspecified atom stereocenters. The van der Waals surface area contributed by atoms with Gasteiger partial charge in [-0.1, -0.05) is 42.5 Å². The van der Waals surface area contributed by atoms with E-state index in [4.69, 9.17) is 14.7 Å². The van der Waals surface area contributed by atoms with Gasteiger partial charge in [-0.2, -0.15) is 0 Å². The van der Waals surface area contributed by atoms with Gasteiger partial charge >= 0.3 is 0 Å². The molecule has 1 saturated heterocycles. The molecule has 0 bridgehead atoms. The number of hydrogen-bond donors (Lipinski definition) is 1. The first-order valence-electron chi connectivity index (χ1n) is 10.6. The summed E-state index contributed by atoms with van der Waals surface area (Å²) >= 11 is 0. The predicted octanol–water partition coefficient (Wildman–Crippen LogP) is 4.00. The average molecular weight is 412 g/mol. The minimum Gasteiger partial charge on any atom is -0.374 e. The van der Waals surface area contributed by atoms with Crippen LogP contribution >= 0.6 is 0 Å². The fraction of sp³-hybridized carbons (Fsp3) is 0.240. The number of anilines is 1. The van der Waals surface area contributed by atoms with Crippen LogP contribution in [0.2, 0.25) is 0 Å². The molecule has 0 spiro atoms. The van der Waals surface area contributed by atoms with E-state index < -0.39 is 0 Å². The second-order valence-electron chi connectivity index (χ2n) is 7.75. The molecule has 1 N–H and O–H groups in total. The largest absolute Gasteiger partial charge is 0.374 e. The van der Waals surface area contributed by atoms with E-state index >= 15 is 0 Å². The van der Waals surface area contributed by atoms with E-state index in [1.54, 1.807) is 12.4 Å². The molecule has 156 valence electrons. The third-order valence-electron chi connectivity index (χ3n) is 5.49. The molecule has 0 aliphatic carbocycles. The fourth-order valence-electron chi connectivity index (χ4n) is 3.94. The first kappa shape index (κ1) is 19.6. The van der Waals surface area contributed by atoms with Crippen molar-refractivity contribution >= 4 is 16.7 Å². The highest BCUT2D eigenvalue weighted by atomic mass is 16.5. The van der Waals surface area contributed by atoms with Crippen LogP contribution in [0, 0.1) is 0 Å². The molecule has 1 fully saturated rings. The van der Waals surface area contributed by atoms with Gasteiger partial charge in [0.25, 0.3) is 0 Å². The molecule has 1 aliphatic heterocycles. The van der Waals surface area contributed by atoms with Crippen LogP contribution in [-0.2, 0) is 11.3 Å². The Bertz CT molecular complexity index is 1140. The average Bonchev–Trinajstić information content (AvgIpc) is 2.84. The van der Waals surface area contributed by atoms with Crippen molar-refractivity contribution < 1.29 is 4.74 Å². The second-order valence-corrected chi connectivity index (χ2v) is 7.75. The highest BCUT2D eigenvalue weighted by Gasteiger charge is 2.21. The molecule has 31 heavy (non-hydrogen) atoms. The molecule has 1 atom stereocenters. The van der Waals surface area contributed by atoms with Crippen LogP contribution < -0.4 is 5.32 Å². The normalized spacial score (nSPS) is 17.0. The van der Waals surface area contributed by atoms with Crippen molar-refractivity contribution in [3.8, 4) is 11.4 Å². The van der Waals surface area contributed by atoms with E-state index in [0.29, 0.717) is 12.4 Å². The number of fused-ring (bicyclic) bond motifs is 1. The number of rotatable bonds is 6. The van der Waals surface area contributed by atoms with Crippen molar-refractivity contribution in [1.82, 2.24) is 19.9 Å². The number of morpholine rings is 1. The van der Waals surface area contributed by atoms with Gasteiger partial charge < -0.3 is 10.1 Å². The Kier molecular flexibility index (Phi) is 5.82. The van der Waals surface area contributed by atoms with Crippen LogP contribution in [0.1, 0.15) is 5.56 Å². The van der Waals surface area contributed by atoms with Gasteiger partial charge in [-0.25, -0.2) is 9.97 Å². The lowest BCUT2D eigenvalue weighted by Gasteiger charge is -2.33. The summed E-state index contributed by atoms with van der Waals surface area (Å²) in [6.45, 7) is 4.22. The van der Waals surface area contributed by atoms with Crippen molar-refractivity contribution in [1.29, 1.82) is 0 Å². The molecule has 2 aromatic heterocycles. The minimum absolute atomic E-state index is 0.105. The van der Waals surface area contributed by atoms with Gasteiger partial charge in [-0.3, -0.25) is 9.88 Å². The molecular formula is C25H25N5O. The summed E-state index contributed by atoms with van der Waals surface area (Å²) in [4.78, 5) is 16.2. The molecular weight excluding hydrogens is 386 g/mol. The molecule has 0 amide bonds. The van der Waals surface area contributed by atoms with E-state index in [0.717, 1.165) is 48.5 Å². The van der Waals surface area contributed by atoms with E-state index in [1.807, 2.05) is 36.4 Å². The van der Waals surface area contributed by atoms with Crippen molar-refractivity contribution in [2.24, 2.45) is 0 Å². The Morgan fingerprint density at radius 3 is 2.71 bits per heavy atom. The topological polar surface area (TPSA) is 63.2 Å². The van der Waals surface area contributed by atoms with Crippen LogP contribution in [0.3, 0.4) is 0 Å². The van der Waals surface area contributed by atoms with E-state index in [2.05, 4.69) is 45.5 Å². The molecule has 0 radical (unpaired) electrons. The molecule has 4 aromatic rings. The first-order valence-corrected chi connectivity index (χ1v) is 10.6. The van der Waals surface area contributed by atoms with Crippen molar-refractivity contribution in [2.45, 2.75) is 12.6 Å². The number of para-hydroxylation sites is 1. The van der Waals surface area contributed by atoms with E-state index in [1.165, 1.54) is 5.56 Å². The lowest BCUT2D eigenvalue weighted by molar-refractivity contribution is -0.0240. The molecule has 6 heteroatoms. The Hall–Kier alpha value is -3.35. The summed E-state index contributed by atoms with van der Waals surface area (Å²) in [5.74, 6) is 1.50. The maximum Gasteiger partial charge on any atom is 0.163 e. The van der Waals surface area contributed by atoms with Crippen molar-refractivity contribution in [2.75, 3.05) is 31.6 Å². The van der Waals surface area contributed by atoms with Gasteiger partial charge in [-0.05, 0) is 29.8 Å². The van der Waals surface area contributed by atoms with Crippen molar-refractivity contribution in [3.05, 3.63) is 84.7 Å². The van der Waals surface area contributed by atoms with Crippen LogP contribution in [0.4, 0.5) is 5.82 Å². The number of nitrogens with one attached hydrogen (secondary N) is 1. The smallest absolute Gasteiger partial charge is 0.163 e. The van der Waals surface area contributed by atoms with Gasteiger partial charge in [0.15, 0.2) is 5.82 Å². The van der Waals surface area contributed by atoms with E-state index in [-0.39, 0.29) is 6.10 Å². The molecule has 6 nitrogen and oxygen atoms in total. The molecule has 2 aromatic carbocycles. The number of hydrogen-bond acceptors (Lipinski definition) is 6. The van der Waals surface area contributed by atoms with Crippen LogP contribution in [0.5, 0.6) is 0 Å². The van der Waals surface area contributed by atoms with Gasteiger partial charge in [0.1, 0.15) is 5.82 Å². The molecule has 1 aliphatic rings. The van der Waals surface area contributed by atoms with Crippen LogP contribution in [0.15, 0.2) is 79.1 Å². The maximum atomic E-state index is 6.04. The number of benzene rings is 2. The zero-order chi connectivity index (χ0) is 20.9. The first-order chi connectivity index (χ1) is 15.3. The highest BCUT2D eigenvalue weighted by Crippen LogP contribution is 2.24. The second kappa shape index (κ2) is 9.20. The third-order valence-corrected chi connectivity index (χ3v) is 5.49. The number of pyridine rings is 1. The fourth-order valence-corrected chi connectivity index (χ4v) is 3.94. The summed E-state index contributed by atoms with van der Waals surface area (Å²) in [5.41, 5.74) is 3.15. The van der Waals surface area contributed by atoms with Gasteiger partial charge in [0.05, 0.1) is 18.2 Å². The monoisotopic (exact) mass is 411 g/mol. The molecule has 5 rings (SSSR count). The van der Waals surface area contributed by atoms with Crippen LogP contribution in [0.25, 0.3) is 22.3 Å². The number of nitrogens with zero attached hydrogens (tertiary/aromatic N) is 4. The summed E-state index contributed by atoms with van der Waals surface area (Å²) in [7, 11) is 0. The summed E-state index contributed by atoms with van der Waals surface area (Å²) < 4.78 is 6.04. The lowest BCUT2D eigenvalue weighted by Crippen LogP contribution is -2.44. The number of ether oxygens (including phenoxy) is 1. The predicted molar refractivity (Wildman–Crippen MR) is 123 cm³/mol. The Morgan fingerprint density at radius 1 is 0.968 bits per heavy atom. The van der Waals surface area contributed by atoms with Gasteiger partial charge in [-0.15, -0.1) is 0 Å². The standard InChI is InChI=1S/C25H25N5O/c1-2-7-19(8-3-1)17-30-13-14-31-21(18-30)16-27-25-22-10-4-5-11-23(22)28-24(29-25)20-9-6-12-26-15-20/h1-12,15,21H,13-14,16-18H2,(H,27,28,29)/t21-/m0/s1. The third kappa shape index (κ3) is 4.71. The number of aromatic nitrogens is 3. The summed E-state index contributed by atoms with van der Waals surface area (Å²) in [6.07, 6.45) is 3.65. The zero-order valence-electron chi connectivity index (χ0n) is 17.3. The summed E-state index contributed by atoms with van der Waals surface area (Å²) in [6, 6.07) is 22.5. The molecule has 3 heterocycles. The van der Waals surface area contributed by atoms with Gasteiger partial charge in [0.2, 0.25) is 0 Å². The summed E-state index contributed by atoms with van der Waals surface area (Å²) in [5, 5.41) is 4.54. The molecule has 0 saturated carbocycles. The minimum atomic E-state index is 0.105. The SMILES string of the molecule is c1ccc(CN2CCO[C@@H](CNc3nc(-c4cccnc4)nc4ccccc34)C2)cc1. The lowest BCUT2D eigenvalue weighted by atomic mass is 10.2. The van der Waals surface area contributed by atoms with Crippen LogP contribution in [-0.4, -0.2) is 52.2 Å². The Labute approximate surface area is 181 Å². The quantitative estimate of drug-likeness (QED) is 0.517. The Morgan fingerprint density at radius 2 is 1.84 bits per heavy atom. The van der Waals surface area contributed by atoms with E-state index in [9.17, 15) is 0 Å².